The Bertz CT molecular complexity index is 404. The van der Waals surface area contributed by atoms with Crippen LogP contribution in [0.4, 0.5) is 0 Å². The first kappa shape index (κ1) is 10.4. The quantitative estimate of drug-likeness (QED) is 0.862. The first-order valence-electron chi connectivity index (χ1n) is 3.94. The summed E-state index contributed by atoms with van der Waals surface area (Å²) in [6.07, 6.45) is 1.23. The Morgan fingerprint density at radius 3 is 2.71 bits per heavy atom. The van der Waals surface area contributed by atoms with Crippen molar-refractivity contribution in [2.24, 2.45) is 0 Å². The average Bonchev–Trinajstić information content (AvgIpc) is 2.76. The molecule has 2 aromatic heterocycles. The number of aromatic nitrogens is 1. The number of aromatic amines is 1. The van der Waals surface area contributed by atoms with Gasteiger partial charge in [-0.3, -0.25) is 0 Å². The van der Waals surface area contributed by atoms with Crippen LogP contribution in [-0.4, -0.2) is 10.1 Å². The normalized spacial score (nSPS) is 13.1. The van der Waals surface area contributed by atoms with Gasteiger partial charge in [-0.05, 0) is 50.1 Å². The van der Waals surface area contributed by atoms with Crippen LogP contribution in [0, 0.1) is 0 Å². The third-order valence-electron chi connectivity index (χ3n) is 1.85. The van der Waals surface area contributed by atoms with Gasteiger partial charge in [0.1, 0.15) is 6.10 Å². The van der Waals surface area contributed by atoms with Crippen molar-refractivity contribution in [3.05, 3.63) is 43.2 Å². The number of nitrogens with one attached hydrogen (secondary N) is 1. The van der Waals surface area contributed by atoms with Crippen molar-refractivity contribution in [2.75, 3.05) is 0 Å². The van der Waals surface area contributed by atoms with Gasteiger partial charge >= 0.3 is 0 Å². The molecular weight excluding hydrogens is 330 g/mol. The van der Waals surface area contributed by atoms with Gasteiger partial charge in [0, 0.05) is 21.2 Å². The number of aliphatic hydroxyl groups is 1. The molecule has 0 aromatic carbocycles. The van der Waals surface area contributed by atoms with E-state index in [1.165, 1.54) is 11.3 Å². The lowest BCUT2D eigenvalue weighted by Crippen LogP contribution is -1.96. The average molecular weight is 337 g/mol. The van der Waals surface area contributed by atoms with Crippen molar-refractivity contribution in [1.29, 1.82) is 0 Å². The minimum Gasteiger partial charge on any atom is -0.381 e. The van der Waals surface area contributed by atoms with Gasteiger partial charge < -0.3 is 10.1 Å². The highest BCUT2D eigenvalue weighted by Crippen LogP contribution is 2.37. The van der Waals surface area contributed by atoms with E-state index in [0.29, 0.717) is 0 Å². The van der Waals surface area contributed by atoms with E-state index < -0.39 is 6.10 Å². The molecule has 14 heavy (non-hydrogen) atoms. The van der Waals surface area contributed by atoms with E-state index in [1.54, 1.807) is 6.20 Å². The fraction of sp³-hybridized carbons (Fsp3) is 0.111. The maximum Gasteiger partial charge on any atom is 0.128 e. The zero-order valence-corrected chi connectivity index (χ0v) is 11.0. The summed E-state index contributed by atoms with van der Waals surface area (Å²) in [5.41, 5.74) is 0.811. The fourth-order valence-corrected chi connectivity index (χ4v) is 3.26. The van der Waals surface area contributed by atoms with Crippen molar-refractivity contribution in [2.45, 2.75) is 6.10 Å². The first-order valence-corrected chi connectivity index (χ1v) is 6.35. The number of thiophene rings is 1. The largest absolute Gasteiger partial charge is 0.381 e. The Morgan fingerprint density at radius 2 is 2.21 bits per heavy atom. The lowest BCUT2D eigenvalue weighted by molar-refractivity contribution is 0.220. The summed E-state index contributed by atoms with van der Waals surface area (Å²) in [4.78, 5) is 3.90. The van der Waals surface area contributed by atoms with Crippen molar-refractivity contribution in [1.82, 2.24) is 4.98 Å². The summed E-state index contributed by atoms with van der Waals surface area (Å²) < 4.78 is 1.97. The van der Waals surface area contributed by atoms with E-state index in [9.17, 15) is 5.11 Å². The molecule has 0 saturated carbocycles. The summed E-state index contributed by atoms with van der Waals surface area (Å²) in [5, 5.41) is 9.96. The lowest BCUT2D eigenvalue weighted by atomic mass is 10.2. The van der Waals surface area contributed by atoms with Crippen LogP contribution in [-0.2, 0) is 0 Å². The topological polar surface area (TPSA) is 36.0 Å². The predicted molar refractivity (Wildman–Crippen MR) is 64.6 cm³/mol. The van der Waals surface area contributed by atoms with Crippen LogP contribution in [0.3, 0.4) is 0 Å². The molecule has 2 aromatic rings. The SMILES string of the molecule is OC(c1ccc[nH]1)c1cc(Br)c(Br)s1. The maximum absolute atomic E-state index is 9.96. The third kappa shape index (κ3) is 1.95. The molecule has 5 heteroatoms. The number of hydrogen-bond donors (Lipinski definition) is 2. The molecule has 0 aliphatic carbocycles. The molecule has 0 spiro atoms. The molecule has 0 aliphatic rings. The number of aliphatic hydroxyl groups excluding tert-OH is 1. The van der Waals surface area contributed by atoms with Gasteiger partial charge in [-0.25, -0.2) is 0 Å². The molecule has 2 rings (SSSR count). The highest BCUT2D eigenvalue weighted by molar-refractivity contribution is 9.13. The summed E-state index contributed by atoms with van der Waals surface area (Å²) in [7, 11) is 0. The Hall–Kier alpha value is -0.1000. The van der Waals surface area contributed by atoms with Crippen molar-refractivity contribution < 1.29 is 5.11 Å². The van der Waals surface area contributed by atoms with E-state index in [1.807, 2.05) is 18.2 Å². The van der Waals surface area contributed by atoms with Crippen LogP contribution in [0.15, 0.2) is 32.7 Å². The second-order valence-corrected chi connectivity index (χ2v) is 6.05. The molecule has 2 N–H and O–H groups in total. The third-order valence-corrected chi connectivity index (χ3v) is 5.16. The summed E-state index contributed by atoms with van der Waals surface area (Å²) in [5.74, 6) is 0. The summed E-state index contributed by atoms with van der Waals surface area (Å²) in [6, 6.07) is 5.66. The van der Waals surface area contributed by atoms with E-state index in [4.69, 9.17) is 0 Å². The molecule has 2 nitrogen and oxygen atoms in total. The van der Waals surface area contributed by atoms with Crippen molar-refractivity contribution in [3.63, 3.8) is 0 Å². The predicted octanol–water partition coefficient (Wildman–Crippen LogP) is 3.68. The minimum absolute atomic E-state index is 0.572. The summed E-state index contributed by atoms with van der Waals surface area (Å²) >= 11 is 8.31. The van der Waals surface area contributed by atoms with Crippen LogP contribution in [0.25, 0.3) is 0 Å². The number of halogens is 2. The Balaban J connectivity index is 2.32. The minimum atomic E-state index is -0.572. The highest BCUT2D eigenvalue weighted by Gasteiger charge is 2.15. The van der Waals surface area contributed by atoms with Crippen LogP contribution in [0.1, 0.15) is 16.7 Å². The monoisotopic (exact) mass is 335 g/mol. The number of H-pyrrole nitrogens is 1. The molecule has 0 radical (unpaired) electrons. The van der Waals surface area contributed by atoms with Crippen LogP contribution < -0.4 is 0 Å². The lowest BCUT2D eigenvalue weighted by Gasteiger charge is -2.04. The maximum atomic E-state index is 9.96. The van der Waals surface area contributed by atoms with Gasteiger partial charge in [-0.15, -0.1) is 11.3 Å². The molecule has 1 unspecified atom stereocenters. The first-order chi connectivity index (χ1) is 6.68. The highest BCUT2D eigenvalue weighted by atomic mass is 79.9. The second kappa shape index (κ2) is 4.18. The van der Waals surface area contributed by atoms with Crippen LogP contribution in [0.5, 0.6) is 0 Å². The van der Waals surface area contributed by atoms with E-state index in [2.05, 4.69) is 36.8 Å². The smallest absolute Gasteiger partial charge is 0.128 e. The van der Waals surface area contributed by atoms with Gasteiger partial charge in [0.25, 0.3) is 0 Å². The zero-order valence-electron chi connectivity index (χ0n) is 7.00. The molecule has 0 amide bonds. The van der Waals surface area contributed by atoms with Crippen LogP contribution in [0.2, 0.25) is 0 Å². The second-order valence-electron chi connectivity index (χ2n) is 2.80. The molecule has 0 saturated heterocycles. The van der Waals surface area contributed by atoms with E-state index in [0.717, 1.165) is 18.8 Å². The Kier molecular flexibility index (Phi) is 3.11. The summed E-state index contributed by atoms with van der Waals surface area (Å²) in [6.45, 7) is 0. The zero-order chi connectivity index (χ0) is 10.1. The Labute approximate surface area is 102 Å². The van der Waals surface area contributed by atoms with Gasteiger partial charge in [-0.2, -0.15) is 0 Å². The van der Waals surface area contributed by atoms with Crippen molar-refractivity contribution in [3.8, 4) is 0 Å². The molecule has 2 heterocycles. The molecule has 0 fully saturated rings. The van der Waals surface area contributed by atoms with Gasteiger partial charge in [0.05, 0.1) is 3.79 Å². The van der Waals surface area contributed by atoms with E-state index >= 15 is 0 Å². The van der Waals surface area contributed by atoms with Gasteiger partial charge in [-0.1, -0.05) is 0 Å². The fourth-order valence-electron chi connectivity index (χ4n) is 1.17. The van der Waals surface area contributed by atoms with Crippen LogP contribution >= 0.6 is 43.2 Å². The van der Waals surface area contributed by atoms with Gasteiger partial charge in [0.2, 0.25) is 0 Å². The number of rotatable bonds is 2. The molecular formula is C9H7Br2NOS. The number of hydrogen-bond acceptors (Lipinski definition) is 2. The van der Waals surface area contributed by atoms with Gasteiger partial charge in [0.15, 0.2) is 0 Å². The molecule has 74 valence electrons. The molecule has 0 bridgehead atoms. The van der Waals surface area contributed by atoms with Crippen molar-refractivity contribution >= 4 is 43.2 Å². The molecule has 0 aliphatic heterocycles. The Morgan fingerprint density at radius 1 is 1.43 bits per heavy atom. The standard InChI is InChI=1S/C9H7Br2NOS/c10-5-4-7(14-9(5)11)8(13)6-2-1-3-12-6/h1-4,8,12-13H. The molecule has 1 atom stereocenters. The van der Waals surface area contributed by atoms with E-state index in [-0.39, 0.29) is 0 Å².